The standard InChI is InChI=1S/C18H25N2/c1-14-18(16-10-6-4-7-11-16)19(3)15(2)20(14)17-12-8-5-9-13-17/h4,6-8,10-12,14,17-18H,5,9,13H2,1-3H3/q+1/t14-,17+,18-/m1/s1. The van der Waals surface area contributed by atoms with Crippen LogP contribution in [0, 0.1) is 0 Å². The second-order valence-electron chi connectivity index (χ2n) is 6.09. The van der Waals surface area contributed by atoms with E-state index in [1.165, 1.54) is 30.7 Å². The van der Waals surface area contributed by atoms with Crippen molar-refractivity contribution in [1.29, 1.82) is 0 Å². The molecule has 0 amide bonds. The molecule has 0 bridgehead atoms. The van der Waals surface area contributed by atoms with E-state index in [2.05, 4.69) is 72.9 Å². The predicted molar refractivity (Wildman–Crippen MR) is 84.1 cm³/mol. The molecule has 0 radical (unpaired) electrons. The van der Waals surface area contributed by atoms with Crippen molar-refractivity contribution in [2.45, 2.75) is 51.2 Å². The zero-order chi connectivity index (χ0) is 14.1. The molecule has 106 valence electrons. The van der Waals surface area contributed by atoms with E-state index < -0.39 is 0 Å². The van der Waals surface area contributed by atoms with Crippen LogP contribution in [0.2, 0.25) is 0 Å². The Kier molecular flexibility index (Phi) is 3.64. The van der Waals surface area contributed by atoms with Gasteiger partial charge in [0, 0.05) is 12.5 Å². The van der Waals surface area contributed by atoms with Crippen molar-refractivity contribution < 1.29 is 4.58 Å². The highest BCUT2D eigenvalue weighted by Crippen LogP contribution is 2.33. The minimum atomic E-state index is 0.464. The highest BCUT2D eigenvalue weighted by atomic mass is 15.3. The lowest BCUT2D eigenvalue weighted by Crippen LogP contribution is -2.42. The van der Waals surface area contributed by atoms with Crippen LogP contribution in [0.5, 0.6) is 0 Å². The van der Waals surface area contributed by atoms with Gasteiger partial charge in [0.15, 0.2) is 6.04 Å². The first-order valence-electron chi connectivity index (χ1n) is 7.76. The molecule has 1 aliphatic carbocycles. The number of allylic oxidation sites excluding steroid dienone is 1. The van der Waals surface area contributed by atoms with Crippen LogP contribution in [-0.4, -0.2) is 34.4 Å². The summed E-state index contributed by atoms with van der Waals surface area (Å²) in [7, 11) is 2.23. The third-order valence-electron chi connectivity index (χ3n) is 4.92. The molecule has 2 heteroatoms. The molecular formula is C18H25N2+. The third kappa shape index (κ3) is 2.17. The minimum Gasteiger partial charge on any atom is -0.257 e. The molecule has 0 fully saturated rings. The van der Waals surface area contributed by atoms with E-state index in [1.54, 1.807) is 0 Å². The van der Waals surface area contributed by atoms with Gasteiger partial charge in [-0.1, -0.05) is 36.4 Å². The van der Waals surface area contributed by atoms with E-state index in [0.29, 0.717) is 18.1 Å². The van der Waals surface area contributed by atoms with Crippen LogP contribution in [0.3, 0.4) is 0 Å². The average molecular weight is 269 g/mol. The molecule has 0 spiro atoms. The molecule has 1 aliphatic heterocycles. The van der Waals surface area contributed by atoms with Crippen LogP contribution < -0.4 is 0 Å². The maximum atomic E-state index is 2.62. The van der Waals surface area contributed by atoms with Gasteiger partial charge in [-0.2, -0.15) is 0 Å². The van der Waals surface area contributed by atoms with Crippen molar-refractivity contribution in [3.63, 3.8) is 0 Å². The molecule has 1 aromatic rings. The molecule has 3 atom stereocenters. The summed E-state index contributed by atoms with van der Waals surface area (Å²) < 4.78 is 2.45. The number of nitrogens with zero attached hydrogens (tertiary/aromatic N) is 2. The highest BCUT2D eigenvalue weighted by molar-refractivity contribution is 5.77. The van der Waals surface area contributed by atoms with Crippen molar-refractivity contribution in [3.05, 3.63) is 48.0 Å². The summed E-state index contributed by atoms with van der Waals surface area (Å²) in [4.78, 5) is 2.62. The Morgan fingerprint density at radius 1 is 1.20 bits per heavy atom. The van der Waals surface area contributed by atoms with Crippen LogP contribution >= 0.6 is 0 Å². The summed E-state index contributed by atoms with van der Waals surface area (Å²) in [6, 6.07) is 12.5. The Balaban J connectivity index is 1.93. The van der Waals surface area contributed by atoms with E-state index >= 15 is 0 Å². The summed E-state index contributed by atoms with van der Waals surface area (Å²) in [6.45, 7) is 4.63. The van der Waals surface area contributed by atoms with Gasteiger partial charge in [-0.15, -0.1) is 0 Å². The van der Waals surface area contributed by atoms with Gasteiger partial charge in [0.2, 0.25) is 5.84 Å². The first kappa shape index (κ1) is 13.4. The van der Waals surface area contributed by atoms with Crippen LogP contribution in [-0.2, 0) is 0 Å². The fraction of sp³-hybridized carbons (Fsp3) is 0.500. The van der Waals surface area contributed by atoms with Crippen LogP contribution in [0.15, 0.2) is 42.5 Å². The Bertz CT molecular complexity index is 530. The topological polar surface area (TPSA) is 6.25 Å². The van der Waals surface area contributed by atoms with Crippen molar-refractivity contribution in [1.82, 2.24) is 4.90 Å². The molecule has 2 nitrogen and oxygen atoms in total. The summed E-state index contributed by atoms with van der Waals surface area (Å²) in [5, 5.41) is 0. The maximum Gasteiger partial charge on any atom is 0.244 e. The van der Waals surface area contributed by atoms with Gasteiger partial charge in [0.1, 0.15) is 12.1 Å². The Hall–Kier alpha value is -1.57. The lowest BCUT2D eigenvalue weighted by Gasteiger charge is -2.28. The van der Waals surface area contributed by atoms with Crippen LogP contribution in [0.4, 0.5) is 0 Å². The quantitative estimate of drug-likeness (QED) is 0.587. The fourth-order valence-electron chi connectivity index (χ4n) is 3.87. The van der Waals surface area contributed by atoms with Gasteiger partial charge in [0.25, 0.3) is 0 Å². The van der Waals surface area contributed by atoms with Crippen molar-refractivity contribution in [2.24, 2.45) is 0 Å². The van der Waals surface area contributed by atoms with Crippen molar-refractivity contribution in [2.75, 3.05) is 7.05 Å². The third-order valence-corrected chi connectivity index (χ3v) is 4.92. The minimum absolute atomic E-state index is 0.464. The molecule has 0 saturated heterocycles. The molecule has 20 heavy (non-hydrogen) atoms. The van der Waals surface area contributed by atoms with Crippen LogP contribution in [0.1, 0.15) is 44.7 Å². The monoisotopic (exact) mass is 269 g/mol. The first-order chi connectivity index (χ1) is 9.70. The SMILES string of the molecule is CC1=[N+](C)[C@@H](c2ccccc2)[C@@H](C)N1[C@H]1C=CCCC1. The summed E-state index contributed by atoms with van der Waals surface area (Å²) >= 11 is 0. The van der Waals surface area contributed by atoms with Gasteiger partial charge in [-0.25, -0.2) is 0 Å². The Morgan fingerprint density at radius 2 is 1.95 bits per heavy atom. The van der Waals surface area contributed by atoms with Gasteiger partial charge in [-0.05, 0) is 32.3 Å². The average Bonchev–Trinajstić information content (AvgIpc) is 2.71. The second kappa shape index (κ2) is 5.43. The summed E-state index contributed by atoms with van der Waals surface area (Å²) in [5.41, 5.74) is 1.42. The number of rotatable bonds is 2. The largest absolute Gasteiger partial charge is 0.257 e. The molecular weight excluding hydrogens is 244 g/mol. The lowest BCUT2D eigenvalue weighted by molar-refractivity contribution is -0.537. The Labute approximate surface area is 122 Å². The zero-order valence-electron chi connectivity index (χ0n) is 12.8. The maximum absolute atomic E-state index is 2.62. The smallest absolute Gasteiger partial charge is 0.244 e. The molecule has 2 aliphatic rings. The fourth-order valence-corrected chi connectivity index (χ4v) is 3.87. The van der Waals surface area contributed by atoms with Gasteiger partial charge >= 0.3 is 0 Å². The number of likely N-dealkylation sites (N-methyl/N-ethyl adjacent to an activating group) is 1. The van der Waals surface area contributed by atoms with Crippen molar-refractivity contribution in [3.8, 4) is 0 Å². The molecule has 0 unspecified atom stereocenters. The molecule has 1 heterocycles. The van der Waals surface area contributed by atoms with Crippen molar-refractivity contribution >= 4 is 5.84 Å². The van der Waals surface area contributed by atoms with E-state index in [1.807, 2.05) is 0 Å². The molecule has 0 saturated carbocycles. The summed E-state index contributed by atoms with van der Waals surface area (Å²) in [6.07, 6.45) is 8.61. The number of hydrogen-bond donors (Lipinski definition) is 0. The zero-order valence-corrected chi connectivity index (χ0v) is 12.8. The number of amidine groups is 1. The van der Waals surface area contributed by atoms with Crippen LogP contribution in [0.25, 0.3) is 0 Å². The van der Waals surface area contributed by atoms with E-state index in [-0.39, 0.29) is 0 Å². The van der Waals surface area contributed by atoms with Gasteiger partial charge in [0.05, 0.1) is 7.05 Å². The molecule has 0 N–H and O–H groups in total. The van der Waals surface area contributed by atoms with Gasteiger partial charge in [-0.3, -0.25) is 9.48 Å². The van der Waals surface area contributed by atoms with E-state index in [0.717, 1.165) is 0 Å². The first-order valence-corrected chi connectivity index (χ1v) is 7.76. The number of hydrogen-bond acceptors (Lipinski definition) is 1. The van der Waals surface area contributed by atoms with E-state index in [4.69, 9.17) is 0 Å². The molecule has 3 rings (SSSR count). The highest BCUT2D eigenvalue weighted by Gasteiger charge is 2.45. The second-order valence-corrected chi connectivity index (χ2v) is 6.09. The lowest BCUT2D eigenvalue weighted by atomic mass is 9.96. The normalized spacial score (nSPS) is 30.1. The number of benzene rings is 1. The summed E-state index contributed by atoms with van der Waals surface area (Å²) in [5.74, 6) is 1.41. The Morgan fingerprint density at radius 3 is 2.60 bits per heavy atom. The molecule has 1 aromatic carbocycles. The van der Waals surface area contributed by atoms with Gasteiger partial charge < -0.3 is 0 Å². The molecule has 0 aromatic heterocycles. The predicted octanol–water partition coefficient (Wildman–Crippen LogP) is 3.60. The van der Waals surface area contributed by atoms with E-state index in [9.17, 15) is 0 Å².